The van der Waals surface area contributed by atoms with Gasteiger partial charge in [-0.2, -0.15) is 0 Å². The molecule has 1 aromatic rings. The number of carbonyl (C=O) groups excluding carboxylic acids is 1. The van der Waals surface area contributed by atoms with Crippen LogP contribution in [0.2, 0.25) is 0 Å². The Labute approximate surface area is 186 Å². The third-order valence-corrected chi connectivity index (χ3v) is 6.13. The summed E-state index contributed by atoms with van der Waals surface area (Å²) in [4.78, 5) is 18.4. The largest absolute Gasteiger partial charge is 0.491 e. The summed E-state index contributed by atoms with van der Waals surface area (Å²) in [6, 6.07) is 6.59. The third-order valence-electron chi connectivity index (χ3n) is 6.13. The summed E-state index contributed by atoms with van der Waals surface area (Å²) in [5, 5.41) is 6.78. The van der Waals surface area contributed by atoms with Crippen LogP contribution in [0, 0.1) is 6.92 Å². The lowest BCUT2D eigenvalue weighted by Crippen LogP contribution is -2.41. The normalized spacial score (nSPS) is 20.2. The molecule has 0 radical (unpaired) electrons. The Kier molecular flexibility index (Phi) is 9.00. The topological polar surface area (TPSA) is 75.2 Å². The van der Waals surface area contributed by atoms with Crippen molar-refractivity contribution in [3.8, 4) is 5.75 Å². The highest BCUT2D eigenvalue weighted by Gasteiger charge is 2.26. The molecule has 0 aliphatic carbocycles. The quantitative estimate of drug-likeness (QED) is 0.441. The fourth-order valence-corrected chi connectivity index (χ4v) is 4.29. The molecule has 7 heteroatoms. The Balaban J connectivity index is 1.47. The number of ether oxygens (including phenoxy) is 2. The summed E-state index contributed by atoms with van der Waals surface area (Å²) in [5.41, 5.74) is 2.27. The van der Waals surface area contributed by atoms with Crippen LogP contribution in [0.15, 0.2) is 23.2 Å². The first-order valence-electron chi connectivity index (χ1n) is 11.7. The summed E-state index contributed by atoms with van der Waals surface area (Å²) < 4.78 is 11.8. The lowest BCUT2D eigenvalue weighted by molar-refractivity contribution is -0.129. The summed E-state index contributed by atoms with van der Waals surface area (Å²) >= 11 is 0. The number of likely N-dealkylation sites (tertiary alicyclic amines) is 1. The minimum Gasteiger partial charge on any atom is -0.491 e. The van der Waals surface area contributed by atoms with Gasteiger partial charge in [-0.05, 0) is 50.7 Å². The lowest BCUT2D eigenvalue weighted by atomic mass is 10.1. The number of nitrogens with zero attached hydrogens (tertiary/aromatic N) is 2. The van der Waals surface area contributed by atoms with E-state index >= 15 is 0 Å². The lowest BCUT2D eigenvalue weighted by Gasteiger charge is -2.27. The van der Waals surface area contributed by atoms with Crippen molar-refractivity contribution in [2.75, 3.05) is 33.4 Å². The van der Waals surface area contributed by atoms with Gasteiger partial charge in [-0.3, -0.25) is 9.79 Å². The summed E-state index contributed by atoms with van der Waals surface area (Å²) in [6.45, 7) is 7.96. The first kappa shape index (κ1) is 23.4. The van der Waals surface area contributed by atoms with Crippen molar-refractivity contribution in [2.45, 2.75) is 71.1 Å². The second-order valence-electron chi connectivity index (χ2n) is 8.45. The second-order valence-corrected chi connectivity index (χ2v) is 8.45. The molecule has 2 aliphatic rings. The molecule has 1 amide bonds. The average Bonchev–Trinajstić information content (AvgIpc) is 3.44. The van der Waals surface area contributed by atoms with Crippen molar-refractivity contribution in [1.82, 2.24) is 15.5 Å². The average molecular weight is 431 g/mol. The first-order chi connectivity index (χ1) is 15.1. The van der Waals surface area contributed by atoms with Gasteiger partial charge < -0.3 is 25.0 Å². The van der Waals surface area contributed by atoms with Crippen molar-refractivity contribution >= 4 is 11.9 Å². The molecule has 2 unspecified atom stereocenters. The zero-order valence-electron chi connectivity index (χ0n) is 19.3. The molecule has 2 fully saturated rings. The molecular formula is C24H38N4O3. The number of amides is 1. The number of rotatable bonds is 10. The highest BCUT2D eigenvalue weighted by Crippen LogP contribution is 2.22. The Morgan fingerprint density at radius 3 is 2.90 bits per heavy atom. The molecule has 2 aliphatic heterocycles. The van der Waals surface area contributed by atoms with E-state index in [2.05, 4.69) is 47.7 Å². The van der Waals surface area contributed by atoms with E-state index in [9.17, 15) is 4.79 Å². The van der Waals surface area contributed by atoms with Crippen LogP contribution in [-0.2, 0) is 16.1 Å². The van der Waals surface area contributed by atoms with Crippen LogP contribution >= 0.6 is 0 Å². The predicted molar refractivity (Wildman–Crippen MR) is 123 cm³/mol. The number of hydrogen-bond acceptors (Lipinski definition) is 4. The van der Waals surface area contributed by atoms with Gasteiger partial charge in [0, 0.05) is 51.3 Å². The molecule has 172 valence electrons. The molecule has 2 saturated heterocycles. The van der Waals surface area contributed by atoms with Gasteiger partial charge in [0.15, 0.2) is 5.96 Å². The van der Waals surface area contributed by atoms with Crippen LogP contribution in [0.3, 0.4) is 0 Å². The van der Waals surface area contributed by atoms with Crippen molar-refractivity contribution in [3.63, 3.8) is 0 Å². The Morgan fingerprint density at radius 2 is 2.23 bits per heavy atom. The molecule has 1 aromatic carbocycles. The van der Waals surface area contributed by atoms with Crippen molar-refractivity contribution in [3.05, 3.63) is 29.3 Å². The van der Waals surface area contributed by atoms with Crippen LogP contribution in [-0.4, -0.2) is 62.3 Å². The SMILES string of the molecule is CCC(CCNC(=NC)NCc1ccc(C)cc1OCC1CCCO1)N1CCCC1=O. The van der Waals surface area contributed by atoms with E-state index in [1.807, 2.05) is 4.90 Å². The number of carbonyl (C=O) groups is 1. The minimum absolute atomic E-state index is 0.199. The molecule has 3 rings (SSSR count). The van der Waals surface area contributed by atoms with Crippen LogP contribution < -0.4 is 15.4 Å². The van der Waals surface area contributed by atoms with Gasteiger partial charge in [0.05, 0.1) is 6.10 Å². The number of aryl methyl sites for hydroxylation is 1. The van der Waals surface area contributed by atoms with Crippen molar-refractivity contribution in [2.24, 2.45) is 4.99 Å². The molecule has 0 aromatic heterocycles. The zero-order chi connectivity index (χ0) is 22.1. The number of guanidine groups is 1. The van der Waals surface area contributed by atoms with Crippen molar-refractivity contribution < 1.29 is 14.3 Å². The van der Waals surface area contributed by atoms with Gasteiger partial charge in [-0.25, -0.2) is 0 Å². The molecule has 0 saturated carbocycles. The van der Waals surface area contributed by atoms with E-state index in [0.717, 1.165) is 69.1 Å². The predicted octanol–water partition coefficient (Wildman–Crippen LogP) is 3.01. The van der Waals surface area contributed by atoms with E-state index in [0.29, 0.717) is 31.5 Å². The molecule has 2 N–H and O–H groups in total. The van der Waals surface area contributed by atoms with Gasteiger partial charge in [0.2, 0.25) is 5.91 Å². The maximum Gasteiger partial charge on any atom is 0.222 e. The molecule has 2 atom stereocenters. The summed E-state index contributed by atoms with van der Waals surface area (Å²) in [6.07, 6.45) is 5.96. The zero-order valence-corrected chi connectivity index (χ0v) is 19.3. The molecule has 0 spiro atoms. The maximum atomic E-state index is 12.0. The van der Waals surface area contributed by atoms with Gasteiger partial charge >= 0.3 is 0 Å². The van der Waals surface area contributed by atoms with Crippen LogP contribution in [0.1, 0.15) is 56.6 Å². The van der Waals surface area contributed by atoms with E-state index in [-0.39, 0.29) is 6.10 Å². The third kappa shape index (κ3) is 6.86. The first-order valence-corrected chi connectivity index (χ1v) is 11.7. The number of nitrogens with one attached hydrogen (secondary N) is 2. The van der Waals surface area contributed by atoms with E-state index in [1.54, 1.807) is 7.05 Å². The van der Waals surface area contributed by atoms with Gasteiger partial charge in [0.25, 0.3) is 0 Å². The molecule has 7 nitrogen and oxygen atoms in total. The highest BCUT2D eigenvalue weighted by molar-refractivity contribution is 5.80. The molecule has 0 bridgehead atoms. The summed E-state index contributed by atoms with van der Waals surface area (Å²) in [5.74, 6) is 1.95. The maximum absolute atomic E-state index is 12.0. The fourth-order valence-electron chi connectivity index (χ4n) is 4.29. The van der Waals surface area contributed by atoms with E-state index < -0.39 is 0 Å². The van der Waals surface area contributed by atoms with Gasteiger partial charge in [0.1, 0.15) is 12.4 Å². The van der Waals surface area contributed by atoms with Crippen LogP contribution in [0.4, 0.5) is 0 Å². The number of hydrogen-bond donors (Lipinski definition) is 2. The number of aliphatic imine (C=N–C) groups is 1. The Morgan fingerprint density at radius 1 is 1.35 bits per heavy atom. The monoisotopic (exact) mass is 430 g/mol. The van der Waals surface area contributed by atoms with E-state index in [4.69, 9.17) is 9.47 Å². The highest BCUT2D eigenvalue weighted by atomic mass is 16.5. The Bertz CT molecular complexity index is 746. The molecule has 2 heterocycles. The molecule has 31 heavy (non-hydrogen) atoms. The number of benzene rings is 1. The summed E-state index contributed by atoms with van der Waals surface area (Å²) in [7, 11) is 1.78. The van der Waals surface area contributed by atoms with E-state index in [1.165, 1.54) is 5.56 Å². The van der Waals surface area contributed by atoms with Gasteiger partial charge in [-0.15, -0.1) is 0 Å². The standard InChI is InChI=1S/C24H38N4O3/c1-4-20(28-13-5-8-23(28)29)11-12-26-24(25-3)27-16-19-10-9-18(2)15-22(19)31-17-21-7-6-14-30-21/h9-10,15,20-21H,4-8,11-14,16-17H2,1-3H3,(H2,25,26,27). The smallest absolute Gasteiger partial charge is 0.222 e. The second kappa shape index (κ2) is 11.9. The van der Waals surface area contributed by atoms with Gasteiger partial charge in [-0.1, -0.05) is 19.1 Å². The molecular weight excluding hydrogens is 392 g/mol. The van der Waals surface area contributed by atoms with Crippen LogP contribution in [0.5, 0.6) is 5.75 Å². The fraction of sp³-hybridized carbons (Fsp3) is 0.667. The van der Waals surface area contributed by atoms with Crippen LogP contribution in [0.25, 0.3) is 0 Å². The Hall–Kier alpha value is -2.28. The minimum atomic E-state index is 0.199. The van der Waals surface area contributed by atoms with Crippen molar-refractivity contribution in [1.29, 1.82) is 0 Å².